The highest BCUT2D eigenvalue weighted by molar-refractivity contribution is 5.80. The van der Waals surface area contributed by atoms with Crippen molar-refractivity contribution in [1.29, 1.82) is 0 Å². The quantitative estimate of drug-likeness (QED) is 0.790. The lowest BCUT2D eigenvalue weighted by Crippen LogP contribution is -2.51. The second-order valence-corrected chi connectivity index (χ2v) is 5.85. The highest BCUT2D eigenvalue weighted by Gasteiger charge is 2.32. The molecular formula is C13H24N2O3. The van der Waals surface area contributed by atoms with Gasteiger partial charge in [-0.2, -0.15) is 0 Å². The predicted molar refractivity (Wildman–Crippen MR) is 69.3 cm³/mol. The molecule has 0 bridgehead atoms. The maximum absolute atomic E-state index is 12.5. The van der Waals surface area contributed by atoms with Crippen LogP contribution >= 0.6 is 0 Å². The molecule has 2 N–H and O–H groups in total. The van der Waals surface area contributed by atoms with Crippen LogP contribution in [-0.2, 0) is 9.59 Å². The van der Waals surface area contributed by atoms with Crippen LogP contribution < -0.4 is 5.32 Å². The SMILES string of the molecule is CC(C)(C)N(CCC(=O)O)C(=O)[C@@H]1CCCNC1. The van der Waals surface area contributed by atoms with E-state index in [-0.39, 0.29) is 30.3 Å². The Morgan fingerprint density at radius 3 is 2.50 bits per heavy atom. The number of rotatable bonds is 4. The minimum absolute atomic E-state index is 0.00313. The molecule has 5 heteroatoms. The van der Waals surface area contributed by atoms with Gasteiger partial charge in [-0.05, 0) is 40.2 Å². The van der Waals surface area contributed by atoms with Crippen LogP contribution in [0.15, 0.2) is 0 Å². The van der Waals surface area contributed by atoms with Crippen molar-refractivity contribution in [2.24, 2.45) is 5.92 Å². The van der Waals surface area contributed by atoms with Gasteiger partial charge in [0.1, 0.15) is 0 Å². The number of aliphatic carboxylic acids is 1. The molecule has 0 aromatic carbocycles. The van der Waals surface area contributed by atoms with E-state index in [0.29, 0.717) is 6.54 Å². The summed E-state index contributed by atoms with van der Waals surface area (Å²) >= 11 is 0. The minimum Gasteiger partial charge on any atom is -0.481 e. The van der Waals surface area contributed by atoms with Gasteiger partial charge < -0.3 is 15.3 Å². The molecule has 1 saturated heterocycles. The standard InChI is InChI=1S/C13H24N2O3/c1-13(2,3)15(8-6-11(16)17)12(18)10-5-4-7-14-9-10/h10,14H,4-9H2,1-3H3,(H,16,17)/t10-/m1/s1. The minimum atomic E-state index is -0.862. The highest BCUT2D eigenvalue weighted by Crippen LogP contribution is 2.21. The fourth-order valence-corrected chi connectivity index (χ4v) is 2.27. The molecule has 0 unspecified atom stereocenters. The van der Waals surface area contributed by atoms with Crippen LogP contribution in [0.1, 0.15) is 40.0 Å². The molecule has 1 amide bonds. The van der Waals surface area contributed by atoms with Gasteiger partial charge >= 0.3 is 5.97 Å². The van der Waals surface area contributed by atoms with E-state index in [0.717, 1.165) is 19.4 Å². The highest BCUT2D eigenvalue weighted by atomic mass is 16.4. The molecule has 104 valence electrons. The number of piperidine rings is 1. The zero-order valence-corrected chi connectivity index (χ0v) is 11.5. The number of hydrogen-bond donors (Lipinski definition) is 2. The summed E-state index contributed by atoms with van der Waals surface area (Å²) in [7, 11) is 0. The molecule has 0 aromatic heterocycles. The lowest BCUT2D eigenvalue weighted by atomic mass is 9.95. The van der Waals surface area contributed by atoms with Gasteiger partial charge in [0.2, 0.25) is 5.91 Å². The van der Waals surface area contributed by atoms with Crippen LogP contribution in [0.3, 0.4) is 0 Å². The molecular weight excluding hydrogens is 232 g/mol. The maximum Gasteiger partial charge on any atom is 0.305 e. The lowest BCUT2D eigenvalue weighted by Gasteiger charge is -2.38. The summed E-state index contributed by atoms with van der Waals surface area (Å²) in [5.74, 6) is -0.790. The van der Waals surface area contributed by atoms with Crippen molar-refractivity contribution in [3.05, 3.63) is 0 Å². The van der Waals surface area contributed by atoms with Gasteiger partial charge in [-0.25, -0.2) is 0 Å². The number of nitrogens with one attached hydrogen (secondary N) is 1. The summed E-state index contributed by atoms with van der Waals surface area (Å²) < 4.78 is 0. The van der Waals surface area contributed by atoms with Gasteiger partial charge in [-0.1, -0.05) is 0 Å². The van der Waals surface area contributed by atoms with E-state index in [1.165, 1.54) is 0 Å². The Labute approximate surface area is 109 Å². The van der Waals surface area contributed by atoms with E-state index < -0.39 is 5.97 Å². The third-order valence-electron chi connectivity index (χ3n) is 3.27. The Morgan fingerprint density at radius 2 is 2.06 bits per heavy atom. The van der Waals surface area contributed by atoms with Crippen LogP contribution in [0.5, 0.6) is 0 Å². The summed E-state index contributed by atoms with van der Waals surface area (Å²) in [6.07, 6.45) is 1.90. The Hall–Kier alpha value is -1.10. The topological polar surface area (TPSA) is 69.6 Å². The van der Waals surface area contributed by atoms with Crippen molar-refractivity contribution < 1.29 is 14.7 Å². The Bertz CT molecular complexity index is 304. The van der Waals surface area contributed by atoms with Gasteiger partial charge in [0.05, 0.1) is 12.3 Å². The number of hydrogen-bond acceptors (Lipinski definition) is 3. The predicted octanol–water partition coefficient (Wildman–Crippen LogP) is 1.09. The van der Waals surface area contributed by atoms with E-state index >= 15 is 0 Å². The first-order valence-electron chi connectivity index (χ1n) is 6.56. The Kier molecular flexibility index (Phi) is 5.14. The molecule has 0 radical (unpaired) electrons. The third kappa shape index (κ3) is 4.29. The number of amides is 1. The number of carboxylic acids is 1. The number of carbonyl (C=O) groups is 2. The van der Waals surface area contributed by atoms with Crippen LogP contribution in [0, 0.1) is 5.92 Å². The summed E-state index contributed by atoms with van der Waals surface area (Å²) in [6, 6.07) is 0. The van der Waals surface area contributed by atoms with E-state index in [9.17, 15) is 9.59 Å². The first-order valence-corrected chi connectivity index (χ1v) is 6.56. The molecule has 18 heavy (non-hydrogen) atoms. The van der Waals surface area contributed by atoms with Gasteiger partial charge in [0, 0.05) is 18.6 Å². The molecule has 0 saturated carbocycles. The Morgan fingerprint density at radius 1 is 1.39 bits per heavy atom. The monoisotopic (exact) mass is 256 g/mol. The van der Waals surface area contributed by atoms with E-state index in [2.05, 4.69) is 5.32 Å². The zero-order chi connectivity index (χ0) is 13.8. The molecule has 0 aliphatic carbocycles. The molecule has 1 aliphatic rings. The zero-order valence-electron chi connectivity index (χ0n) is 11.5. The van der Waals surface area contributed by atoms with Gasteiger partial charge in [0.25, 0.3) is 0 Å². The summed E-state index contributed by atoms with van der Waals surface area (Å²) in [5, 5.41) is 12.0. The second kappa shape index (κ2) is 6.18. The Balaban J connectivity index is 2.68. The maximum atomic E-state index is 12.5. The average molecular weight is 256 g/mol. The third-order valence-corrected chi connectivity index (χ3v) is 3.27. The van der Waals surface area contributed by atoms with E-state index in [4.69, 9.17) is 5.11 Å². The first kappa shape index (κ1) is 15.0. The van der Waals surface area contributed by atoms with Crippen molar-refractivity contribution in [1.82, 2.24) is 10.2 Å². The fourth-order valence-electron chi connectivity index (χ4n) is 2.27. The lowest BCUT2D eigenvalue weighted by molar-refractivity contribution is -0.143. The fraction of sp³-hybridized carbons (Fsp3) is 0.846. The van der Waals surface area contributed by atoms with Gasteiger partial charge in [0.15, 0.2) is 0 Å². The number of nitrogens with zero attached hydrogens (tertiary/aromatic N) is 1. The molecule has 1 heterocycles. The van der Waals surface area contributed by atoms with Crippen molar-refractivity contribution in [2.75, 3.05) is 19.6 Å². The largest absolute Gasteiger partial charge is 0.481 e. The second-order valence-electron chi connectivity index (χ2n) is 5.85. The summed E-state index contributed by atoms with van der Waals surface area (Å²) in [6.45, 7) is 7.80. The van der Waals surface area contributed by atoms with E-state index in [1.807, 2.05) is 20.8 Å². The van der Waals surface area contributed by atoms with Crippen molar-refractivity contribution in [3.63, 3.8) is 0 Å². The molecule has 1 atom stereocenters. The van der Waals surface area contributed by atoms with Crippen LogP contribution in [0.25, 0.3) is 0 Å². The van der Waals surface area contributed by atoms with Gasteiger partial charge in [-0.3, -0.25) is 9.59 Å². The van der Waals surface area contributed by atoms with Crippen LogP contribution in [0.4, 0.5) is 0 Å². The van der Waals surface area contributed by atoms with Crippen molar-refractivity contribution >= 4 is 11.9 Å². The van der Waals surface area contributed by atoms with Crippen molar-refractivity contribution in [2.45, 2.75) is 45.6 Å². The summed E-state index contributed by atoms with van der Waals surface area (Å²) in [4.78, 5) is 24.8. The number of carbonyl (C=O) groups excluding carboxylic acids is 1. The average Bonchev–Trinajstić information content (AvgIpc) is 2.28. The van der Waals surface area contributed by atoms with Crippen LogP contribution in [-0.4, -0.2) is 47.1 Å². The van der Waals surface area contributed by atoms with Gasteiger partial charge in [-0.15, -0.1) is 0 Å². The molecule has 1 fully saturated rings. The molecule has 5 nitrogen and oxygen atoms in total. The summed E-state index contributed by atoms with van der Waals surface area (Å²) in [5.41, 5.74) is -0.329. The normalized spacial score (nSPS) is 20.5. The smallest absolute Gasteiger partial charge is 0.305 e. The number of carboxylic acid groups (broad SMARTS) is 1. The molecule has 1 rings (SSSR count). The molecule has 0 spiro atoms. The molecule has 1 aliphatic heterocycles. The molecule has 0 aromatic rings. The van der Waals surface area contributed by atoms with Crippen molar-refractivity contribution in [3.8, 4) is 0 Å². The first-order chi connectivity index (χ1) is 8.32. The van der Waals surface area contributed by atoms with E-state index in [1.54, 1.807) is 4.90 Å². The van der Waals surface area contributed by atoms with Crippen LogP contribution in [0.2, 0.25) is 0 Å².